The Balaban J connectivity index is 0.000000191. The summed E-state index contributed by atoms with van der Waals surface area (Å²) in [4.78, 5) is 23.4. The molecule has 172 valence electrons. The van der Waals surface area contributed by atoms with E-state index in [4.69, 9.17) is 0 Å². The van der Waals surface area contributed by atoms with Crippen molar-refractivity contribution in [1.29, 1.82) is 0 Å². The molecule has 6 nitrogen and oxygen atoms in total. The minimum Gasteiger partial charge on any atom is -0.298 e. The lowest BCUT2D eigenvalue weighted by Crippen LogP contribution is -2.29. The van der Waals surface area contributed by atoms with Gasteiger partial charge in [-0.1, -0.05) is 66.2 Å². The van der Waals surface area contributed by atoms with Crippen LogP contribution in [0, 0.1) is 13.8 Å². The molecule has 0 fully saturated rings. The van der Waals surface area contributed by atoms with Crippen LogP contribution in [0.15, 0.2) is 109 Å². The first-order valence-corrected chi connectivity index (χ1v) is 10.9. The number of hydrogen-bond donors (Lipinski definition) is 4. The summed E-state index contributed by atoms with van der Waals surface area (Å²) in [6.45, 7) is 4.02. The van der Waals surface area contributed by atoms with Gasteiger partial charge in [-0.2, -0.15) is 0 Å². The third-order valence-corrected chi connectivity index (χ3v) is 4.78. The molecule has 0 aliphatic heterocycles. The van der Waals surface area contributed by atoms with Crippen molar-refractivity contribution >= 4 is 23.2 Å². The van der Waals surface area contributed by atoms with Gasteiger partial charge in [0.05, 0.1) is 11.4 Å². The summed E-state index contributed by atoms with van der Waals surface area (Å²) >= 11 is 0. The molecule has 0 radical (unpaired) electrons. The van der Waals surface area contributed by atoms with Crippen molar-refractivity contribution in [1.82, 2.24) is 10.9 Å². The molecule has 4 aromatic carbocycles. The van der Waals surface area contributed by atoms with Gasteiger partial charge in [0.1, 0.15) is 0 Å². The van der Waals surface area contributed by atoms with Crippen molar-refractivity contribution < 1.29 is 9.59 Å². The monoisotopic (exact) mass is 452 g/mol. The van der Waals surface area contributed by atoms with Crippen LogP contribution in [0.2, 0.25) is 0 Å². The van der Waals surface area contributed by atoms with Crippen molar-refractivity contribution in [3.63, 3.8) is 0 Å². The highest BCUT2D eigenvalue weighted by Gasteiger charge is 2.03. The normalized spacial score (nSPS) is 9.71. The van der Waals surface area contributed by atoms with Gasteiger partial charge in [-0.15, -0.1) is 0 Å². The average molecular weight is 453 g/mol. The second-order valence-corrected chi connectivity index (χ2v) is 7.63. The summed E-state index contributed by atoms with van der Waals surface area (Å²) in [5.74, 6) is -0.293. The molecule has 6 heteroatoms. The number of hydrogen-bond acceptors (Lipinski definition) is 4. The predicted molar refractivity (Wildman–Crippen MR) is 137 cm³/mol. The fourth-order valence-electron chi connectivity index (χ4n) is 2.94. The number of carbonyl (C=O) groups is 2. The zero-order valence-corrected chi connectivity index (χ0v) is 19.2. The van der Waals surface area contributed by atoms with Crippen molar-refractivity contribution in [2.75, 3.05) is 10.9 Å². The third kappa shape index (κ3) is 7.84. The molecule has 2 amide bonds. The molecule has 0 aliphatic rings. The third-order valence-electron chi connectivity index (χ3n) is 4.78. The van der Waals surface area contributed by atoms with Crippen molar-refractivity contribution in [2.24, 2.45) is 0 Å². The Morgan fingerprint density at radius 1 is 0.500 bits per heavy atom. The van der Waals surface area contributed by atoms with Gasteiger partial charge in [0, 0.05) is 11.1 Å². The molecule has 0 saturated carbocycles. The van der Waals surface area contributed by atoms with E-state index in [0.29, 0.717) is 11.1 Å². The summed E-state index contributed by atoms with van der Waals surface area (Å²) in [7, 11) is 0. The van der Waals surface area contributed by atoms with Gasteiger partial charge in [0.2, 0.25) is 0 Å². The van der Waals surface area contributed by atoms with Crippen LogP contribution in [-0.4, -0.2) is 11.8 Å². The summed E-state index contributed by atoms with van der Waals surface area (Å²) in [6.07, 6.45) is 0. The molecule has 0 heterocycles. The Bertz CT molecular complexity index is 1190. The smallest absolute Gasteiger partial charge is 0.269 e. The molecule has 0 atom stereocenters. The maximum absolute atomic E-state index is 11.7. The second-order valence-electron chi connectivity index (χ2n) is 7.63. The fourth-order valence-corrected chi connectivity index (χ4v) is 2.94. The maximum atomic E-state index is 11.7. The van der Waals surface area contributed by atoms with E-state index < -0.39 is 0 Å². The van der Waals surface area contributed by atoms with E-state index in [1.807, 2.05) is 98.8 Å². The molecule has 0 aromatic heterocycles. The van der Waals surface area contributed by atoms with Gasteiger partial charge in [-0.05, 0) is 67.9 Å². The number of hydrazine groups is 2. The second kappa shape index (κ2) is 12.5. The number of anilines is 2. The van der Waals surface area contributed by atoms with E-state index in [1.54, 1.807) is 24.3 Å². The first-order chi connectivity index (χ1) is 16.5. The van der Waals surface area contributed by atoms with Crippen LogP contribution in [0.3, 0.4) is 0 Å². The number of benzene rings is 4. The largest absolute Gasteiger partial charge is 0.298 e. The first kappa shape index (κ1) is 24.1. The molecule has 0 spiro atoms. The van der Waals surface area contributed by atoms with E-state index in [9.17, 15) is 9.59 Å². The van der Waals surface area contributed by atoms with E-state index in [2.05, 4.69) is 21.7 Å². The highest BCUT2D eigenvalue weighted by atomic mass is 16.2. The average Bonchev–Trinajstić information content (AvgIpc) is 2.88. The molecule has 4 aromatic rings. The molecule has 4 rings (SSSR count). The molecular weight excluding hydrogens is 424 g/mol. The van der Waals surface area contributed by atoms with Crippen LogP contribution in [0.5, 0.6) is 0 Å². The number of nitrogens with one attached hydrogen (secondary N) is 4. The topological polar surface area (TPSA) is 82.3 Å². The number of amides is 2. The van der Waals surface area contributed by atoms with Crippen LogP contribution in [0.4, 0.5) is 11.4 Å². The fraction of sp³-hybridized carbons (Fsp3) is 0.0714. The minimum absolute atomic E-state index is 0.146. The summed E-state index contributed by atoms with van der Waals surface area (Å²) in [5.41, 5.74) is 16.4. The standard InChI is InChI=1S/2C14H14N2O/c1-11-6-5-9-13(10-11)15-16-14(17)12-7-3-2-4-8-12;1-11-7-9-13(10-8-11)15-16-14(17)12-5-3-2-4-6-12/h2*2-10,15H,1H3,(H,16,17). The number of aryl methyl sites for hydroxylation is 2. The first-order valence-electron chi connectivity index (χ1n) is 10.9. The molecule has 0 bridgehead atoms. The summed E-state index contributed by atoms with van der Waals surface area (Å²) < 4.78 is 0. The van der Waals surface area contributed by atoms with Crippen LogP contribution in [0.1, 0.15) is 31.8 Å². The van der Waals surface area contributed by atoms with E-state index in [0.717, 1.165) is 16.9 Å². The molecule has 0 saturated heterocycles. The van der Waals surface area contributed by atoms with E-state index in [-0.39, 0.29) is 11.8 Å². The van der Waals surface area contributed by atoms with E-state index in [1.165, 1.54) is 5.56 Å². The van der Waals surface area contributed by atoms with Gasteiger partial charge < -0.3 is 0 Å². The van der Waals surface area contributed by atoms with Crippen molar-refractivity contribution in [3.8, 4) is 0 Å². The Hall–Kier alpha value is -4.58. The van der Waals surface area contributed by atoms with Crippen LogP contribution < -0.4 is 21.7 Å². The zero-order valence-electron chi connectivity index (χ0n) is 19.2. The van der Waals surface area contributed by atoms with Crippen LogP contribution >= 0.6 is 0 Å². The maximum Gasteiger partial charge on any atom is 0.269 e. The van der Waals surface area contributed by atoms with Crippen molar-refractivity contribution in [3.05, 3.63) is 131 Å². The molecule has 4 N–H and O–H groups in total. The highest BCUT2D eigenvalue weighted by Crippen LogP contribution is 2.09. The number of rotatable bonds is 6. The van der Waals surface area contributed by atoms with Gasteiger partial charge in [0.25, 0.3) is 11.8 Å². The molecular formula is C28H28N4O2. The Morgan fingerprint density at radius 3 is 1.50 bits per heavy atom. The minimum atomic E-state index is -0.147. The summed E-state index contributed by atoms with van der Waals surface area (Å²) in [6, 6.07) is 33.8. The quantitative estimate of drug-likeness (QED) is 0.291. The lowest BCUT2D eigenvalue weighted by atomic mass is 10.2. The van der Waals surface area contributed by atoms with Gasteiger partial charge in [0.15, 0.2) is 0 Å². The van der Waals surface area contributed by atoms with Crippen LogP contribution in [0.25, 0.3) is 0 Å². The molecule has 0 aliphatic carbocycles. The highest BCUT2D eigenvalue weighted by molar-refractivity contribution is 5.95. The lowest BCUT2D eigenvalue weighted by Gasteiger charge is -2.08. The Kier molecular flexibility index (Phi) is 8.82. The SMILES string of the molecule is Cc1ccc(NNC(=O)c2ccccc2)cc1.Cc1cccc(NNC(=O)c2ccccc2)c1. The van der Waals surface area contributed by atoms with Crippen molar-refractivity contribution in [2.45, 2.75) is 13.8 Å². The van der Waals surface area contributed by atoms with Gasteiger partial charge in [-0.25, -0.2) is 0 Å². The molecule has 0 unspecified atom stereocenters. The Labute approximate surface area is 200 Å². The predicted octanol–water partition coefficient (Wildman–Crippen LogP) is 5.50. The van der Waals surface area contributed by atoms with E-state index >= 15 is 0 Å². The van der Waals surface area contributed by atoms with Gasteiger partial charge in [-0.3, -0.25) is 31.3 Å². The lowest BCUT2D eigenvalue weighted by molar-refractivity contribution is 0.0954. The Morgan fingerprint density at radius 2 is 1.00 bits per heavy atom. The van der Waals surface area contributed by atoms with Crippen LogP contribution in [-0.2, 0) is 0 Å². The number of carbonyl (C=O) groups excluding carboxylic acids is 2. The summed E-state index contributed by atoms with van der Waals surface area (Å²) in [5, 5.41) is 0. The van der Waals surface area contributed by atoms with Gasteiger partial charge >= 0.3 is 0 Å². The zero-order chi connectivity index (χ0) is 24.2. The molecule has 34 heavy (non-hydrogen) atoms.